The van der Waals surface area contributed by atoms with Crippen molar-refractivity contribution < 1.29 is 26.9 Å². The van der Waals surface area contributed by atoms with Crippen LogP contribution in [-0.2, 0) is 21.4 Å². The second-order valence-corrected chi connectivity index (χ2v) is 9.08. The third-order valence-corrected chi connectivity index (χ3v) is 6.09. The average Bonchev–Trinajstić information content (AvgIpc) is 3.27. The van der Waals surface area contributed by atoms with Crippen LogP contribution < -0.4 is 14.2 Å². The van der Waals surface area contributed by atoms with E-state index in [1.165, 1.54) is 6.92 Å². The number of hydrogen-bond acceptors (Lipinski definition) is 6. The molecule has 1 aliphatic heterocycles. The Kier molecular flexibility index (Phi) is 7.75. The number of benzene rings is 2. The zero-order chi connectivity index (χ0) is 22.3. The van der Waals surface area contributed by atoms with E-state index in [9.17, 15) is 13.2 Å². The predicted molar refractivity (Wildman–Crippen MR) is 118 cm³/mol. The zero-order valence-electron chi connectivity index (χ0n) is 17.7. The highest BCUT2D eigenvalue weighted by molar-refractivity contribution is 7.87. The van der Waals surface area contributed by atoms with E-state index in [1.807, 2.05) is 18.2 Å². The minimum Gasteiger partial charge on any atom is -0.495 e. The summed E-state index contributed by atoms with van der Waals surface area (Å²) in [5, 5.41) is 2.90. The van der Waals surface area contributed by atoms with E-state index in [0.717, 1.165) is 18.4 Å². The van der Waals surface area contributed by atoms with Gasteiger partial charge in [0.1, 0.15) is 11.5 Å². The molecule has 1 unspecified atom stereocenters. The number of carbonyl (C=O) groups is 1. The lowest BCUT2D eigenvalue weighted by Gasteiger charge is -2.26. The van der Waals surface area contributed by atoms with Crippen LogP contribution >= 0.6 is 0 Å². The summed E-state index contributed by atoms with van der Waals surface area (Å²) >= 11 is 0. The Bertz CT molecular complexity index is 989. The largest absolute Gasteiger partial charge is 0.495 e. The van der Waals surface area contributed by atoms with Gasteiger partial charge in [0.25, 0.3) is 0 Å². The molecule has 1 saturated heterocycles. The van der Waals surface area contributed by atoms with Crippen molar-refractivity contribution in [1.82, 2.24) is 4.90 Å². The molecule has 1 heterocycles. The highest BCUT2D eigenvalue weighted by Gasteiger charge is 2.24. The Morgan fingerprint density at radius 2 is 2.03 bits per heavy atom. The molecule has 0 aliphatic carbocycles. The molecule has 8 nitrogen and oxygen atoms in total. The first-order chi connectivity index (χ1) is 14.9. The molecule has 2 aromatic rings. The Morgan fingerprint density at radius 3 is 2.74 bits per heavy atom. The highest BCUT2D eigenvalue weighted by atomic mass is 32.2. The van der Waals surface area contributed by atoms with Gasteiger partial charge in [-0.2, -0.15) is 8.42 Å². The number of amides is 2. The molecule has 1 fully saturated rings. The molecule has 2 aromatic carbocycles. The molecular weight excluding hydrogens is 420 g/mol. The van der Waals surface area contributed by atoms with Crippen molar-refractivity contribution in [1.29, 1.82) is 0 Å². The van der Waals surface area contributed by atoms with Crippen LogP contribution in [0.1, 0.15) is 25.3 Å². The summed E-state index contributed by atoms with van der Waals surface area (Å²) in [6.45, 7) is 2.89. The van der Waals surface area contributed by atoms with Gasteiger partial charge in [-0.25, -0.2) is 4.79 Å². The molecule has 0 bridgehead atoms. The van der Waals surface area contributed by atoms with Crippen LogP contribution in [0.4, 0.5) is 10.5 Å². The fourth-order valence-corrected chi connectivity index (χ4v) is 3.83. The predicted octanol–water partition coefficient (Wildman–Crippen LogP) is 3.64. The molecule has 3 rings (SSSR count). The van der Waals surface area contributed by atoms with Gasteiger partial charge in [0.05, 0.1) is 24.7 Å². The maximum Gasteiger partial charge on any atom is 0.322 e. The van der Waals surface area contributed by atoms with Gasteiger partial charge in [0, 0.05) is 19.7 Å². The van der Waals surface area contributed by atoms with E-state index in [1.54, 1.807) is 42.3 Å². The van der Waals surface area contributed by atoms with Crippen LogP contribution in [0.5, 0.6) is 11.5 Å². The molecule has 0 saturated carbocycles. The molecule has 1 aliphatic rings. The molecule has 2 amide bonds. The van der Waals surface area contributed by atoms with Gasteiger partial charge >= 0.3 is 16.1 Å². The van der Waals surface area contributed by atoms with Crippen LogP contribution in [0.3, 0.4) is 0 Å². The van der Waals surface area contributed by atoms with Crippen molar-refractivity contribution in [3.8, 4) is 11.5 Å². The number of para-hydroxylation sites is 2. The summed E-state index contributed by atoms with van der Waals surface area (Å²) in [7, 11) is -2.08. The summed E-state index contributed by atoms with van der Waals surface area (Å²) in [6.07, 6.45) is 1.81. The molecule has 1 atom stereocenters. The molecule has 168 valence electrons. The van der Waals surface area contributed by atoms with Crippen molar-refractivity contribution in [3.05, 3.63) is 54.1 Å². The zero-order valence-corrected chi connectivity index (χ0v) is 18.6. The first-order valence-corrected chi connectivity index (χ1v) is 11.8. The summed E-state index contributed by atoms with van der Waals surface area (Å²) in [5.74, 6) is 0.665. The number of methoxy groups -OCH3 is 1. The van der Waals surface area contributed by atoms with Gasteiger partial charge in [0.15, 0.2) is 0 Å². The smallest absolute Gasteiger partial charge is 0.322 e. The molecule has 0 spiro atoms. The lowest BCUT2D eigenvalue weighted by molar-refractivity contribution is 0.0819. The molecule has 9 heteroatoms. The van der Waals surface area contributed by atoms with Crippen molar-refractivity contribution in [2.45, 2.75) is 32.4 Å². The van der Waals surface area contributed by atoms with Crippen molar-refractivity contribution >= 4 is 21.8 Å². The average molecular weight is 449 g/mol. The van der Waals surface area contributed by atoms with Gasteiger partial charge in [0.2, 0.25) is 0 Å². The second kappa shape index (κ2) is 10.5. The van der Waals surface area contributed by atoms with Gasteiger partial charge in [-0.05, 0) is 49.6 Å². The van der Waals surface area contributed by atoms with Crippen LogP contribution in [-0.4, -0.2) is 51.5 Å². The lowest BCUT2D eigenvalue weighted by atomic mass is 10.2. The Hall–Kier alpha value is -2.78. The van der Waals surface area contributed by atoms with Crippen LogP contribution in [0.15, 0.2) is 48.5 Å². The summed E-state index contributed by atoms with van der Waals surface area (Å²) in [6, 6.07) is 13.6. The maximum atomic E-state index is 13.1. The summed E-state index contributed by atoms with van der Waals surface area (Å²) < 4.78 is 39.7. The second-order valence-electron chi connectivity index (χ2n) is 7.22. The number of anilines is 1. The van der Waals surface area contributed by atoms with Crippen molar-refractivity contribution in [3.63, 3.8) is 0 Å². The summed E-state index contributed by atoms with van der Waals surface area (Å²) in [5.41, 5.74) is 1.32. The van der Waals surface area contributed by atoms with E-state index >= 15 is 0 Å². The molecule has 0 radical (unpaired) electrons. The first kappa shape index (κ1) is 22.9. The Balaban J connectivity index is 1.78. The Labute approximate surface area is 183 Å². The van der Waals surface area contributed by atoms with Gasteiger partial charge in [-0.1, -0.05) is 24.3 Å². The number of hydrogen-bond donors (Lipinski definition) is 1. The van der Waals surface area contributed by atoms with Crippen LogP contribution in [0.2, 0.25) is 0 Å². The topological polar surface area (TPSA) is 94.2 Å². The van der Waals surface area contributed by atoms with Crippen LogP contribution in [0.25, 0.3) is 0 Å². The maximum absolute atomic E-state index is 13.1. The van der Waals surface area contributed by atoms with E-state index in [0.29, 0.717) is 24.6 Å². The van der Waals surface area contributed by atoms with Gasteiger partial charge in [-0.15, -0.1) is 0 Å². The molecular formula is C22H28N2O6S. The molecule has 0 aromatic heterocycles. The van der Waals surface area contributed by atoms with E-state index in [4.69, 9.17) is 13.7 Å². The first-order valence-electron chi connectivity index (χ1n) is 10.2. The Morgan fingerprint density at radius 1 is 1.23 bits per heavy atom. The minimum absolute atomic E-state index is 0.0386. The normalized spacial score (nSPS) is 16.0. The summed E-state index contributed by atoms with van der Waals surface area (Å²) in [4.78, 5) is 14.8. The number of carbonyl (C=O) groups excluding carboxylic acids is 1. The molecule has 31 heavy (non-hydrogen) atoms. The fourth-order valence-electron chi connectivity index (χ4n) is 3.32. The van der Waals surface area contributed by atoms with Crippen molar-refractivity contribution in [2.75, 3.05) is 31.3 Å². The molecule has 1 N–H and O–H groups in total. The van der Waals surface area contributed by atoms with Crippen molar-refractivity contribution in [2.24, 2.45) is 0 Å². The number of rotatable bonds is 9. The van der Waals surface area contributed by atoms with E-state index in [2.05, 4.69) is 5.32 Å². The number of nitrogens with zero attached hydrogens (tertiary/aromatic N) is 1. The minimum atomic E-state index is -3.63. The number of nitrogens with one attached hydrogen (secondary N) is 1. The standard InChI is InChI=1S/C22H28N2O6S/c1-3-31(26,27)30-18-9-6-8-17(14-18)15-24(16-19-10-7-13-29-19)22(25)23-20-11-4-5-12-21(20)28-2/h4-6,8-9,11-12,14,19H,3,7,10,13,15-16H2,1-2H3,(H,23,25). The van der Waals surface area contributed by atoms with E-state index in [-0.39, 0.29) is 30.2 Å². The fraction of sp³-hybridized carbons (Fsp3) is 0.409. The van der Waals surface area contributed by atoms with E-state index < -0.39 is 10.1 Å². The quantitative estimate of drug-likeness (QED) is 0.589. The van der Waals surface area contributed by atoms with Gasteiger partial charge in [-0.3, -0.25) is 0 Å². The highest BCUT2D eigenvalue weighted by Crippen LogP contribution is 2.25. The number of urea groups is 1. The third kappa shape index (κ3) is 6.60. The van der Waals surface area contributed by atoms with Crippen LogP contribution in [0, 0.1) is 0 Å². The lowest BCUT2D eigenvalue weighted by Crippen LogP contribution is -2.39. The number of ether oxygens (including phenoxy) is 2. The SMILES string of the molecule is CCS(=O)(=O)Oc1cccc(CN(CC2CCCO2)C(=O)Nc2ccccc2OC)c1. The van der Waals surface area contributed by atoms with Gasteiger partial charge < -0.3 is 23.9 Å². The monoisotopic (exact) mass is 448 g/mol. The third-order valence-electron chi connectivity index (χ3n) is 4.93.